The Morgan fingerprint density at radius 2 is 2.08 bits per heavy atom. The summed E-state index contributed by atoms with van der Waals surface area (Å²) in [5.41, 5.74) is 7.95. The molecule has 13 heavy (non-hydrogen) atoms. The number of benzene rings is 1. The maximum Gasteiger partial charge on any atom is 0.223 e. The lowest BCUT2D eigenvalue weighted by Gasteiger charge is -2.03. The number of aromatic nitrogens is 2. The predicted octanol–water partition coefficient (Wildman–Crippen LogP) is 2.17. The molecule has 4 heteroatoms. The summed E-state index contributed by atoms with van der Waals surface area (Å²) in [5, 5.41) is 1.19. The minimum absolute atomic E-state index is 0.239. The van der Waals surface area contributed by atoms with Gasteiger partial charge in [-0.15, -0.1) is 0 Å². The molecule has 66 valence electrons. The van der Waals surface area contributed by atoms with Crippen molar-refractivity contribution in [3.8, 4) is 0 Å². The Bertz CT molecular complexity index is 468. The third-order valence-corrected chi connectivity index (χ3v) is 2.09. The fraction of sp³-hybridized carbons (Fsp3) is 0.111. The van der Waals surface area contributed by atoms with Crippen LogP contribution < -0.4 is 5.73 Å². The first-order valence-corrected chi connectivity index (χ1v) is 4.24. The molecule has 2 N–H and O–H groups in total. The molecule has 0 atom stereocenters. The highest BCUT2D eigenvalue weighted by atomic mass is 35.5. The van der Waals surface area contributed by atoms with Crippen LogP contribution in [0.5, 0.6) is 0 Å². The lowest BCUT2D eigenvalue weighted by Crippen LogP contribution is -1.94. The second kappa shape index (κ2) is 2.85. The summed E-state index contributed by atoms with van der Waals surface area (Å²) in [6.45, 7) is 1.88. The first-order valence-electron chi connectivity index (χ1n) is 3.87. The minimum atomic E-state index is 0.239. The molecule has 2 rings (SSSR count). The first kappa shape index (κ1) is 8.26. The molecule has 0 fully saturated rings. The summed E-state index contributed by atoms with van der Waals surface area (Å²) >= 11 is 5.72. The quantitative estimate of drug-likeness (QED) is 0.515. The molecule has 0 unspecified atom stereocenters. The molecule has 0 amide bonds. The molecular weight excluding hydrogens is 186 g/mol. The van der Waals surface area contributed by atoms with Gasteiger partial charge in [-0.05, 0) is 24.6 Å². The van der Waals surface area contributed by atoms with Crippen LogP contribution >= 0.6 is 11.6 Å². The van der Waals surface area contributed by atoms with Gasteiger partial charge in [0.25, 0.3) is 0 Å². The van der Waals surface area contributed by atoms with Gasteiger partial charge in [0.2, 0.25) is 5.28 Å². The van der Waals surface area contributed by atoms with Crippen molar-refractivity contribution in [2.24, 2.45) is 0 Å². The summed E-state index contributed by atoms with van der Waals surface area (Å²) in [6.07, 6.45) is 0. The lowest BCUT2D eigenvalue weighted by atomic mass is 10.2. The van der Waals surface area contributed by atoms with Crippen molar-refractivity contribution in [2.45, 2.75) is 6.92 Å². The Hall–Kier alpha value is -1.35. The first-order chi connectivity index (χ1) is 6.18. The zero-order valence-electron chi connectivity index (χ0n) is 7.08. The van der Waals surface area contributed by atoms with E-state index in [1.165, 1.54) is 0 Å². The second-order valence-electron chi connectivity index (χ2n) is 2.82. The van der Waals surface area contributed by atoms with Crippen LogP contribution in [0.4, 0.5) is 5.69 Å². The van der Waals surface area contributed by atoms with Gasteiger partial charge in [-0.1, -0.05) is 12.1 Å². The van der Waals surface area contributed by atoms with E-state index < -0.39 is 0 Å². The molecule has 0 radical (unpaired) electrons. The van der Waals surface area contributed by atoms with Crippen molar-refractivity contribution in [2.75, 3.05) is 5.73 Å². The van der Waals surface area contributed by atoms with E-state index in [1.807, 2.05) is 19.1 Å². The molecule has 1 aromatic carbocycles. The van der Waals surface area contributed by atoms with Crippen LogP contribution in [0.15, 0.2) is 18.2 Å². The molecule has 1 aromatic heterocycles. The monoisotopic (exact) mass is 193 g/mol. The van der Waals surface area contributed by atoms with E-state index in [0.29, 0.717) is 5.69 Å². The number of rotatable bonds is 0. The summed E-state index contributed by atoms with van der Waals surface area (Å²) in [4.78, 5) is 8.11. The summed E-state index contributed by atoms with van der Waals surface area (Å²) in [5.74, 6) is 0. The largest absolute Gasteiger partial charge is 0.397 e. The van der Waals surface area contributed by atoms with E-state index >= 15 is 0 Å². The highest BCUT2D eigenvalue weighted by Crippen LogP contribution is 2.21. The van der Waals surface area contributed by atoms with Crippen molar-refractivity contribution in [1.82, 2.24) is 9.97 Å². The van der Waals surface area contributed by atoms with E-state index in [0.717, 1.165) is 16.6 Å². The number of halogens is 1. The minimum Gasteiger partial charge on any atom is -0.397 e. The maximum absolute atomic E-state index is 5.75. The number of aryl methyl sites for hydroxylation is 1. The van der Waals surface area contributed by atoms with Crippen LogP contribution in [0.1, 0.15) is 5.69 Å². The summed E-state index contributed by atoms with van der Waals surface area (Å²) in [7, 11) is 0. The molecule has 0 bridgehead atoms. The van der Waals surface area contributed by atoms with E-state index in [-0.39, 0.29) is 5.28 Å². The number of anilines is 1. The molecule has 0 aliphatic heterocycles. The van der Waals surface area contributed by atoms with Gasteiger partial charge in [0.05, 0.1) is 16.9 Å². The van der Waals surface area contributed by atoms with Crippen LogP contribution in [-0.4, -0.2) is 9.97 Å². The van der Waals surface area contributed by atoms with Gasteiger partial charge in [0.1, 0.15) is 0 Å². The molecule has 0 aliphatic rings. The predicted molar refractivity (Wildman–Crippen MR) is 53.7 cm³/mol. The van der Waals surface area contributed by atoms with Crippen molar-refractivity contribution in [3.05, 3.63) is 29.2 Å². The number of para-hydroxylation sites is 1. The van der Waals surface area contributed by atoms with Crippen molar-refractivity contribution >= 4 is 28.2 Å². The highest BCUT2D eigenvalue weighted by Gasteiger charge is 2.04. The van der Waals surface area contributed by atoms with E-state index in [9.17, 15) is 0 Å². The highest BCUT2D eigenvalue weighted by molar-refractivity contribution is 6.28. The number of nitrogen functional groups attached to an aromatic ring is 1. The van der Waals surface area contributed by atoms with E-state index in [4.69, 9.17) is 17.3 Å². The van der Waals surface area contributed by atoms with Crippen LogP contribution in [0.25, 0.3) is 10.9 Å². The molecule has 0 spiro atoms. The van der Waals surface area contributed by atoms with Crippen LogP contribution in [0.2, 0.25) is 5.28 Å². The average Bonchev–Trinajstić information content (AvgIpc) is 2.07. The Labute approximate surface area is 80.6 Å². The van der Waals surface area contributed by atoms with E-state index in [1.54, 1.807) is 6.07 Å². The Kier molecular flexibility index (Phi) is 1.81. The Morgan fingerprint density at radius 3 is 2.85 bits per heavy atom. The summed E-state index contributed by atoms with van der Waals surface area (Å²) in [6, 6.07) is 5.60. The molecule has 2 aromatic rings. The maximum atomic E-state index is 5.75. The second-order valence-corrected chi connectivity index (χ2v) is 3.16. The number of nitrogens with zero attached hydrogens (tertiary/aromatic N) is 2. The van der Waals surface area contributed by atoms with Crippen molar-refractivity contribution < 1.29 is 0 Å². The van der Waals surface area contributed by atoms with Gasteiger partial charge >= 0.3 is 0 Å². The number of hydrogen-bond donors (Lipinski definition) is 1. The van der Waals surface area contributed by atoms with Gasteiger partial charge in [-0.25, -0.2) is 9.97 Å². The Morgan fingerprint density at radius 1 is 1.31 bits per heavy atom. The van der Waals surface area contributed by atoms with Gasteiger partial charge < -0.3 is 5.73 Å². The van der Waals surface area contributed by atoms with Gasteiger partial charge in [0, 0.05) is 5.39 Å². The summed E-state index contributed by atoms with van der Waals surface area (Å²) < 4.78 is 0. The molecular formula is C9H8ClN3. The zero-order valence-corrected chi connectivity index (χ0v) is 7.84. The third-order valence-electron chi connectivity index (χ3n) is 1.92. The number of nitrogens with two attached hydrogens (primary N) is 1. The smallest absolute Gasteiger partial charge is 0.223 e. The van der Waals surface area contributed by atoms with Crippen LogP contribution in [0, 0.1) is 6.92 Å². The molecule has 0 saturated heterocycles. The fourth-order valence-electron chi connectivity index (χ4n) is 1.29. The van der Waals surface area contributed by atoms with Crippen molar-refractivity contribution in [3.63, 3.8) is 0 Å². The normalized spacial score (nSPS) is 10.6. The topological polar surface area (TPSA) is 51.8 Å². The lowest BCUT2D eigenvalue weighted by molar-refractivity contribution is 1.15. The standard InChI is InChI=1S/C9H8ClN3/c1-5-6-3-2-4-7(11)8(6)13-9(10)12-5/h2-4H,11H2,1H3. The zero-order chi connectivity index (χ0) is 9.42. The SMILES string of the molecule is Cc1nc(Cl)nc2c(N)cccc12. The number of fused-ring (bicyclic) bond motifs is 1. The number of hydrogen-bond acceptors (Lipinski definition) is 3. The Balaban J connectivity index is 2.94. The van der Waals surface area contributed by atoms with Crippen LogP contribution in [0.3, 0.4) is 0 Å². The molecule has 3 nitrogen and oxygen atoms in total. The van der Waals surface area contributed by atoms with Crippen LogP contribution in [-0.2, 0) is 0 Å². The fourth-order valence-corrected chi connectivity index (χ4v) is 1.51. The average molecular weight is 194 g/mol. The molecule has 1 heterocycles. The molecule has 0 aliphatic carbocycles. The molecule has 0 saturated carbocycles. The van der Waals surface area contributed by atoms with Gasteiger partial charge in [-0.3, -0.25) is 0 Å². The van der Waals surface area contributed by atoms with Gasteiger partial charge in [0.15, 0.2) is 0 Å². The third kappa shape index (κ3) is 1.31. The van der Waals surface area contributed by atoms with E-state index in [2.05, 4.69) is 9.97 Å². The van der Waals surface area contributed by atoms with Gasteiger partial charge in [-0.2, -0.15) is 0 Å². The van der Waals surface area contributed by atoms with Crippen molar-refractivity contribution in [1.29, 1.82) is 0 Å².